The summed E-state index contributed by atoms with van der Waals surface area (Å²) in [6, 6.07) is 7.57. The second kappa shape index (κ2) is 12.5. The number of halogens is 2. The lowest BCUT2D eigenvalue weighted by molar-refractivity contribution is -0.136. The highest BCUT2D eigenvalue weighted by Crippen LogP contribution is 2.34. The van der Waals surface area contributed by atoms with Gasteiger partial charge in [-0.3, -0.25) is 9.59 Å². The normalized spacial score (nSPS) is 10.9. The van der Waals surface area contributed by atoms with Crippen LogP contribution in [0.2, 0.25) is 5.02 Å². The number of nitrogens with zero attached hydrogens (tertiary/aromatic N) is 4. The third-order valence-corrected chi connectivity index (χ3v) is 7.65. The molecule has 0 spiro atoms. The molecule has 38 heavy (non-hydrogen) atoms. The highest BCUT2D eigenvalue weighted by atomic mass is 35.5. The van der Waals surface area contributed by atoms with Crippen LogP contribution >= 0.6 is 46.9 Å². The van der Waals surface area contributed by atoms with Gasteiger partial charge in [-0.25, -0.2) is 19.0 Å². The van der Waals surface area contributed by atoms with Crippen LogP contribution in [0, 0.1) is 9.77 Å². The number of thioether (sulfide) groups is 1. The number of hydrogen-bond donors (Lipinski definition) is 3. The van der Waals surface area contributed by atoms with E-state index in [1.807, 2.05) is 6.92 Å². The molecule has 0 radical (unpaired) electrons. The number of anilines is 3. The predicted octanol–water partition coefficient (Wildman–Crippen LogP) is 5.76. The molecule has 1 amide bonds. The number of hydrogen-bond acceptors (Lipinski definition) is 10. The van der Waals surface area contributed by atoms with Crippen LogP contribution in [-0.2, 0) is 16.1 Å². The highest BCUT2D eigenvalue weighted by molar-refractivity contribution is 8.01. The number of carboxylic acids is 1. The Bertz CT molecular complexity index is 1560. The minimum atomic E-state index is -0.898. The molecule has 0 atom stereocenters. The Hall–Kier alpha value is -3.33. The van der Waals surface area contributed by atoms with E-state index in [4.69, 9.17) is 33.7 Å². The van der Waals surface area contributed by atoms with Crippen molar-refractivity contribution in [3.8, 4) is 5.75 Å². The molecular weight excluding hydrogens is 575 g/mol. The highest BCUT2D eigenvalue weighted by Gasteiger charge is 2.16. The first-order valence-corrected chi connectivity index (χ1v) is 13.7. The summed E-state index contributed by atoms with van der Waals surface area (Å²) in [6.07, 6.45) is 1.37. The quantitative estimate of drug-likeness (QED) is 0.145. The second-order valence-electron chi connectivity index (χ2n) is 7.61. The average molecular weight is 595 g/mol. The van der Waals surface area contributed by atoms with E-state index < -0.39 is 17.7 Å². The lowest BCUT2D eigenvalue weighted by Gasteiger charge is -2.15. The van der Waals surface area contributed by atoms with Gasteiger partial charge in [0.25, 0.3) is 0 Å². The third kappa shape index (κ3) is 6.95. The molecule has 3 N–H and O–H groups in total. The zero-order valence-electron chi connectivity index (χ0n) is 19.7. The number of ether oxygens (including phenoxy) is 1. The Morgan fingerprint density at radius 2 is 2.11 bits per heavy atom. The van der Waals surface area contributed by atoms with Crippen LogP contribution in [0.5, 0.6) is 5.75 Å². The van der Waals surface area contributed by atoms with E-state index in [-0.39, 0.29) is 18.0 Å². The van der Waals surface area contributed by atoms with Crippen LogP contribution in [0.1, 0.15) is 13.3 Å². The number of benzene rings is 2. The Morgan fingerprint density at radius 1 is 1.29 bits per heavy atom. The number of nitrogens with one attached hydrogen (secondary N) is 2. The average Bonchev–Trinajstić information content (AvgIpc) is 3.20. The molecule has 0 unspecified atom stereocenters. The molecule has 10 nitrogen and oxygen atoms in total. The van der Waals surface area contributed by atoms with E-state index in [2.05, 4.69) is 25.7 Å². The number of carbonyl (C=O) groups excluding carboxylic acids is 1. The zero-order chi connectivity index (χ0) is 27.2. The van der Waals surface area contributed by atoms with Crippen LogP contribution in [0.4, 0.5) is 21.6 Å². The molecule has 2 heterocycles. The molecule has 0 bridgehead atoms. The summed E-state index contributed by atoms with van der Waals surface area (Å²) in [4.78, 5) is 32.2. The summed E-state index contributed by atoms with van der Waals surface area (Å²) in [7, 11) is 0. The van der Waals surface area contributed by atoms with Gasteiger partial charge in [-0.15, -0.1) is 0 Å². The number of aromatic nitrogens is 4. The van der Waals surface area contributed by atoms with Gasteiger partial charge in [0.05, 0.1) is 29.3 Å². The molecule has 2 aromatic carbocycles. The Labute approximate surface area is 234 Å². The van der Waals surface area contributed by atoms with Crippen molar-refractivity contribution >= 4 is 86.9 Å². The van der Waals surface area contributed by atoms with E-state index in [1.165, 1.54) is 52.3 Å². The molecule has 0 aliphatic heterocycles. The largest absolute Gasteiger partial charge is 0.492 e. The van der Waals surface area contributed by atoms with Gasteiger partial charge in [-0.05, 0) is 43.4 Å². The fourth-order valence-electron chi connectivity index (χ4n) is 3.26. The topological polar surface area (TPSA) is 131 Å². The Kier molecular flexibility index (Phi) is 9.09. The molecule has 0 saturated heterocycles. The van der Waals surface area contributed by atoms with Crippen LogP contribution in [-0.4, -0.2) is 49.1 Å². The van der Waals surface area contributed by atoms with Crippen LogP contribution < -0.4 is 15.4 Å². The van der Waals surface area contributed by atoms with Crippen LogP contribution in [0.15, 0.2) is 41.0 Å². The van der Waals surface area contributed by atoms with Crippen LogP contribution in [0.25, 0.3) is 10.9 Å². The smallest absolute Gasteiger partial charge is 0.304 e. The summed E-state index contributed by atoms with van der Waals surface area (Å²) in [6.45, 7) is 2.02. The van der Waals surface area contributed by atoms with Crippen molar-refractivity contribution in [2.45, 2.75) is 24.2 Å². The fourth-order valence-corrected chi connectivity index (χ4v) is 5.77. The van der Waals surface area contributed by atoms with Crippen molar-refractivity contribution in [3.63, 3.8) is 0 Å². The second-order valence-corrected chi connectivity index (χ2v) is 11.0. The maximum absolute atomic E-state index is 13.6. The number of carboxylic acid groups (broad SMARTS) is 1. The van der Waals surface area contributed by atoms with Crippen molar-refractivity contribution in [1.29, 1.82) is 0 Å². The number of aliphatic carboxylic acids is 1. The van der Waals surface area contributed by atoms with E-state index >= 15 is 0 Å². The van der Waals surface area contributed by atoms with Crippen LogP contribution in [0.3, 0.4) is 0 Å². The standard InChI is InChI=1S/C23H20ClFN6O4S3/c1-2-35-18-9-16-13(21(27-11-26-16)28-12-3-4-15(25)14(24)7-12)8-17(18)29-19(32)10-31-23(36)38-22(30-31)37-6-5-20(33)34/h3-4,7-9,11H,2,5-6,10H2,1H3,(H,29,32)(H,33,34)(H,26,27,28). The first kappa shape index (κ1) is 27.7. The van der Waals surface area contributed by atoms with E-state index in [1.54, 1.807) is 12.1 Å². The van der Waals surface area contributed by atoms with Gasteiger partial charge in [-0.2, -0.15) is 5.10 Å². The Morgan fingerprint density at radius 3 is 2.84 bits per heavy atom. The number of carbonyl (C=O) groups is 2. The van der Waals surface area contributed by atoms with Gasteiger partial charge in [0.1, 0.15) is 30.3 Å². The predicted molar refractivity (Wildman–Crippen MR) is 148 cm³/mol. The van der Waals surface area contributed by atoms with Crippen molar-refractivity contribution in [2.24, 2.45) is 0 Å². The molecular formula is C23H20ClFN6O4S3. The van der Waals surface area contributed by atoms with Crippen molar-refractivity contribution < 1.29 is 23.8 Å². The van der Waals surface area contributed by atoms with Gasteiger partial charge in [0, 0.05) is 22.9 Å². The van der Waals surface area contributed by atoms with Crippen molar-refractivity contribution in [2.75, 3.05) is 23.0 Å². The maximum atomic E-state index is 13.6. The first-order valence-electron chi connectivity index (χ1n) is 11.1. The molecule has 0 aliphatic carbocycles. The van der Waals surface area contributed by atoms with Gasteiger partial charge < -0.3 is 20.5 Å². The number of fused-ring (bicyclic) bond motifs is 1. The monoisotopic (exact) mass is 594 g/mol. The number of amides is 1. The third-order valence-electron chi connectivity index (χ3n) is 4.92. The SMILES string of the molecule is CCOc1cc2ncnc(Nc3ccc(F)c(Cl)c3)c2cc1NC(=O)Cn1nc(SCCC(=O)O)sc1=S. The zero-order valence-corrected chi connectivity index (χ0v) is 22.9. The molecule has 2 aromatic heterocycles. The lowest BCUT2D eigenvalue weighted by Crippen LogP contribution is -2.20. The Balaban J connectivity index is 1.57. The van der Waals surface area contributed by atoms with Crippen molar-refractivity contribution in [1.82, 2.24) is 19.7 Å². The molecule has 0 fully saturated rings. The molecule has 0 aliphatic rings. The van der Waals surface area contributed by atoms with E-state index in [9.17, 15) is 14.0 Å². The molecule has 0 saturated carbocycles. The van der Waals surface area contributed by atoms with Gasteiger partial charge in [0.2, 0.25) is 5.91 Å². The molecule has 4 rings (SSSR count). The first-order chi connectivity index (χ1) is 18.2. The van der Waals surface area contributed by atoms with Gasteiger partial charge in [0.15, 0.2) is 8.29 Å². The molecule has 15 heteroatoms. The van der Waals surface area contributed by atoms with E-state index in [0.29, 0.717) is 54.5 Å². The maximum Gasteiger partial charge on any atom is 0.304 e. The van der Waals surface area contributed by atoms with E-state index in [0.717, 1.165) is 0 Å². The fraction of sp³-hybridized carbons (Fsp3) is 0.217. The summed E-state index contributed by atoms with van der Waals surface area (Å²) in [5.74, 6) is -0.657. The number of rotatable bonds is 11. The van der Waals surface area contributed by atoms with Gasteiger partial charge >= 0.3 is 5.97 Å². The lowest BCUT2D eigenvalue weighted by atomic mass is 10.1. The summed E-state index contributed by atoms with van der Waals surface area (Å²) in [5, 5.41) is 19.6. The minimum Gasteiger partial charge on any atom is -0.492 e. The minimum absolute atomic E-state index is 0.00553. The summed E-state index contributed by atoms with van der Waals surface area (Å²) >= 11 is 13.7. The van der Waals surface area contributed by atoms with Crippen molar-refractivity contribution in [3.05, 3.63) is 51.5 Å². The van der Waals surface area contributed by atoms with Gasteiger partial charge in [-0.1, -0.05) is 34.7 Å². The molecule has 198 valence electrons. The molecule has 4 aromatic rings. The summed E-state index contributed by atoms with van der Waals surface area (Å²) in [5.41, 5.74) is 1.46. The summed E-state index contributed by atoms with van der Waals surface area (Å²) < 4.78 is 21.7.